The molecule has 0 spiro atoms. The van der Waals surface area contributed by atoms with E-state index in [1.165, 1.54) is 7.11 Å². The molecule has 6 heteroatoms. The third kappa shape index (κ3) is 4.67. The summed E-state index contributed by atoms with van der Waals surface area (Å²) in [5.74, 6) is -0.188. The second-order valence-corrected chi connectivity index (χ2v) is 4.74. The minimum Gasteiger partial charge on any atom is -0.468 e. The van der Waals surface area contributed by atoms with E-state index in [0.717, 1.165) is 5.56 Å². The van der Waals surface area contributed by atoms with Crippen LogP contribution in [0.1, 0.15) is 19.4 Å². The first-order valence-corrected chi connectivity index (χ1v) is 6.22. The topological polar surface area (TPSA) is 78.8 Å². The molecule has 0 aliphatic rings. The molecular formula is C13H20BNO4. The van der Waals surface area contributed by atoms with Crippen molar-refractivity contribution in [1.82, 2.24) is 5.32 Å². The van der Waals surface area contributed by atoms with E-state index in [4.69, 9.17) is 14.8 Å². The molecule has 0 bridgehead atoms. The Morgan fingerprint density at radius 3 is 2.63 bits per heavy atom. The first-order chi connectivity index (χ1) is 8.95. The summed E-state index contributed by atoms with van der Waals surface area (Å²) < 4.78 is 4.74. The van der Waals surface area contributed by atoms with Crippen LogP contribution in [0.15, 0.2) is 24.3 Å². The van der Waals surface area contributed by atoms with Crippen molar-refractivity contribution in [3.63, 3.8) is 0 Å². The molecule has 1 atom stereocenters. The van der Waals surface area contributed by atoms with E-state index in [9.17, 15) is 4.79 Å². The van der Waals surface area contributed by atoms with Crippen LogP contribution in [0.3, 0.4) is 0 Å². The number of esters is 1. The lowest BCUT2D eigenvalue weighted by molar-refractivity contribution is -0.144. The van der Waals surface area contributed by atoms with Crippen molar-refractivity contribution in [2.24, 2.45) is 5.92 Å². The summed E-state index contributed by atoms with van der Waals surface area (Å²) in [6.45, 7) is 4.32. The van der Waals surface area contributed by atoms with Crippen molar-refractivity contribution in [1.29, 1.82) is 0 Å². The van der Waals surface area contributed by atoms with E-state index >= 15 is 0 Å². The highest BCUT2D eigenvalue weighted by Crippen LogP contribution is 2.05. The van der Waals surface area contributed by atoms with Gasteiger partial charge in [-0.3, -0.25) is 4.79 Å². The van der Waals surface area contributed by atoms with Crippen LogP contribution in [0.25, 0.3) is 0 Å². The maximum atomic E-state index is 11.6. The Labute approximate surface area is 113 Å². The Bertz CT molecular complexity index is 423. The molecule has 19 heavy (non-hydrogen) atoms. The smallest absolute Gasteiger partial charge is 0.468 e. The Hall–Kier alpha value is -1.37. The number of carbonyl (C=O) groups excluding carboxylic acids is 1. The Morgan fingerprint density at radius 1 is 1.42 bits per heavy atom. The van der Waals surface area contributed by atoms with Crippen LogP contribution in [0.5, 0.6) is 0 Å². The third-order valence-corrected chi connectivity index (χ3v) is 2.90. The van der Waals surface area contributed by atoms with Crippen molar-refractivity contribution < 1.29 is 19.6 Å². The summed E-state index contributed by atoms with van der Waals surface area (Å²) in [6, 6.07) is 6.54. The van der Waals surface area contributed by atoms with Gasteiger partial charge in [-0.05, 0) is 16.9 Å². The summed E-state index contributed by atoms with van der Waals surface area (Å²) in [7, 11) is -0.122. The van der Waals surface area contributed by atoms with Gasteiger partial charge in [-0.15, -0.1) is 0 Å². The van der Waals surface area contributed by atoms with Crippen molar-refractivity contribution in [2.75, 3.05) is 7.11 Å². The van der Waals surface area contributed by atoms with Gasteiger partial charge >= 0.3 is 13.1 Å². The second-order valence-electron chi connectivity index (χ2n) is 4.74. The number of rotatable bonds is 6. The quantitative estimate of drug-likeness (QED) is 0.484. The Morgan fingerprint density at radius 2 is 2.11 bits per heavy atom. The molecule has 0 amide bonds. The molecule has 0 saturated carbocycles. The van der Waals surface area contributed by atoms with Gasteiger partial charge in [-0.1, -0.05) is 38.1 Å². The van der Waals surface area contributed by atoms with Crippen molar-refractivity contribution in [2.45, 2.75) is 26.4 Å². The molecule has 1 aromatic carbocycles. The first-order valence-electron chi connectivity index (χ1n) is 6.22. The van der Waals surface area contributed by atoms with E-state index in [1.54, 1.807) is 18.2 Å². The zero-order valence-electron chi connectivity index (χ0n) is 11.5. The Kier molecular flexibility index (Phi) is 6.01. The van der Waals surface area contributed by atoms with Crippen LogP contribution in [-0.4, -0.2) is 36.3 Å². The molecule has 0 saturated heterocycles. The first kappa shape index (κ1) is 15.7. The van der Waals surface area contributed by atoms with E-state index in [-0.39, 0.29) is 17.9 Å². The standard InChI is InChI=1S/C13H20BNO4/c1-9(2)12(13(16)19-3)15-8-10-5-4-6-11(7-10)14(17)18/h4-7,9,12,15,17-18H,8H2,1-3H3/t12-/m0/s1. The predicted molar refractivity (Wildman–Crippen MR) is 73.7 cm³/mol. The molecular weight excluding hydrogens is 245 g/mol. The number of hydrogen-bond donors (Lipinski definition) is 3. The van der Waals surface area contributed by atoms with Gasteiger partial charge in [0.05, 0.1) is 7.11 Å². The highest BCUT2D eigenvalue weighted by molar-refractivity contribution is 6.58. The third-order valence-electron chi connectivity index (χ3n) is 2.90. The normalized spacial score (nSPS) is 12.3. The molecule has 0 unspecified atom stereocenters. The van der Waals surface area contributed by atoms with Crippen molar-refractivity contribution in [3.05, 3.63) is 29.8 Å². The molecule has 1 rings (SSSR count). The van der Waals surface area contributed by atoms with E-state index < -0.39 is 7.12 Å². The SMILES string of the molecule is COC(=O)[C@@H](NCc1cccc(B(O)O)c1)C(C)C. The number of carbonyl (C=O) groups is 1. The summed E-state index contributed by atoms with van der Waals surface area (Å²) in [6.07, 6.45) is 0. The summed E-state index contributed by atoms with van der Waals surface area (Å²) >= 11 is 0. The Balaban J connectivity index is 2.69. The lowest BCUT2D eigenvalue weighted by Gasteiger charge is -2.20. The van der Waals surface area contributed by atoms with Crippen molar-refractivity contribution >= 4 is 18.6 Å². The van der Waals surface area contributed by atoms with Gasteiger partial charge in [0.2, 0.25) is 0 Å². The minimum atomic E-state index is -1.48. The van der Waals surface area contributed by atoms with Gasteiger partial charge in [0.1, 0.15) is 6.04 Å². The predicted octanol–water partition coefficient (Wildman–Crippen LogP) is -0.346. The molecule has 0 radical (unpaired) electrons. The van der Waals surface area contributed by atoms with Gasteiger partial charge in [0, 0.05) is 6.54 Å². The molecule has 1 aromatic rings. The van der Waals surface area contributed by atoms with Crippen LogP contribution in [0.2, 0.25) is 0 Å². The van der Waals surface area contributed by atoms with Crippen LogP contribution in [0.4, 0.5) is 0 Å². The molecule has 104 valence electrons. The van der Waals surface area contributed by atoms with Gasteiger partial charge < -0.3 is 20.1 Å². The molecule has 3 N–H and O–H groups in total. The van der Waals surface area contributed by atoms with E-state index in [0.29, 0.717) is 12.0 Å². The van der Waals surface area contributed by atoms with Crippen LogP contribution >= 0.6 is 0 Å². The van der Waals surface area contributed by atoms with Crippen molar-refractivity contribution in [3.8, 4) is 0 Å². The second kappa shape index (κ2) is 7.28. The maximum absolute atomic E-state index is 11.6. The summed E-state index contributed by atoms with van der Waals surface area (Å²) in [4.78, 5) is 11.6. The highest BCUT2D eigenvalue weighted by atomic mass is 16.5. The largest absolute Gasteiger partial charge is 0.488 e. The molecule has 0 fully saturated rings. The fourth-order valence-electron chi connectivity index (χ4n) is 1.81. The number of methoxy groups -OCH3 is 1. The summed E-state index contributed by atoms with van der Waals surface area (Å²) in [5, 5.41) is 21.3. The lowest BCUT2D eigenvalue weighted by atomic mass is 9.79. The van der Waals surface area contributed by atoms with Gasteiger partial charge in [-0.2, -0.15) is 0 Å². The average Bonchev–Trinajstić information content (AvgIpc) is 2.38. The van der Waals surface area contributed by atoms with Gasteiger partial charge in [0.15, 0.2) is 0 Å². The monoisotopic (exact) mass is 265 g/mol. The molecule has 0 aromatic heterocycles. The van der Waals surface area contributed by atoms with Crippen LogP contribution in [0, 0.1) is 5.92 Å². The number of benzene rings is 1. The van der Waals surface area contributed by atoms with Crippen LogP contribution in [-0.2, 0) is 16.1 Å². The fraction of sp³-hybridized carbons (Fsp3) is 0.462. The molecule has 0 aliphatic carbocycles. The van der Waals surface area contributed by atoms with Gasteiger partial charge in [-0.25, -0.2) is 0 Å². The number of ether oxygens (including phenoxy) is 1. The number of nitrogens with one attached hydrogen (secondary N) is 1. The van der Waals surface area contributed by atoms with Crippen LogP contribution < -0.4 is 10.8 Å². The van der Waals surface area contributed by atoms with Gasteiger partial charge in [0.25, 0.3) is 0 Å². The fourth-order valence-corrected chi connectivity index (χ4v) is 1.81. The van der Waals surface area contributed by atoms with E-state index in [2.05, 4.69) is 5.32 Å². The molecule has 0 heterocycles. The van der Waals surface area contributed by atoms with E-state index in [1.807, 2.05) is 19.9 Å². The zero-order valence-corrected chi connectivity index (χ0v) is 11.5. The highest BCUT2D eigenvalue weighted by Gasteiger charge is 2.22. The lowest BCUT2D eigenvalue weighted by Crippen LogP contribution is -2.41. The number of hydrogen-bond acceptors (Lipinski definition) is 5. The molecule has 5 nitrogen and oxygen atoms in total. The molecule has 0 aliphatic heterocycles. The maximum Gasteiger partial charge on any atom is 0.488 e. The zero-order chi connectivity index (χ0) is 14.4. The summed E-state index contributed by atoms with van der Waals surface area (Å²) in [5.41, 5.74) is 1.30. The average molecular weight is 265 g/mol. The minimum absolute atomic E-state index is 0.110.